The molecule has 1 heterocycles. The van der Waals surface area contributed by atoms with Crippen LogP contribution in [0, 0.1) is 5.92 Å². The van der Waals surface area contributed by atoms with Crippen molar-refractivity contribution in [1.29, 1.82) is 0 Å². The molecule has 0 aliphatic carbocycles. The van der Waals surface area contributed by atoms with Gasteiger partial charge in [0.15, 0.2) is 0 Å². The van der Waals surface area contributed by atoms with Crippen LogP contribution in [0.15, 0.2) is 47.1 Å². The van der Waals surface area contributed by atoms with Crippen molar-refractivity contribution >= 4 is 0 Å². The van der Waals surface area contributed by atoms with Gasteiger partial charge in [0, 0.05) is 18.7 Å². The Morgan fingerprint density at radius 3 is 2.65 bits per heavy atom. The number of para-hydroxylation sites is 1. The van der Waals surface area contributed by atoms with Gasteiger partial charge in [-0.1, -0.05) is 32.0 Å². The summed E-state index contributed by atoms with van der Waals surface area (Å²) in [5, 5.41) is 10.4. The Balaban J connectivity index is 1.88. The molecule has 0 amide bonds. The minimum Gasteiger partial charge on any atom is -0.496 e. The Bertz CT molecular complexity index is 612. The lowest BCUT2D eigenvalue weighted by atomic mass is 10.1. The van der Waals surface area contributed by atoms with Gasteiger partial charge >= 0.3 is 0 Å². The SMILES string of the molecule is COc1ccccc1CN(CCC(C)C)C[C@H](O)COCc1ccco1. The second kappa shape index (κ2) is 11.0. The number of nitrogens with zero attached hydrogens (tertiary/aromatic N) is 1. The van der Waals surface area contributed by atoms with E-state index in [0.29, 0.717) is 19.1 Å². The highest BCUT2D eigenvalue weighted by molar-refractivity contribution is 5.33. The molecule has 0 saturated carbocycles. The lowest BCUT2D eigenvalue weighted by Gasteiger charge is -2.26. The van der Waals surface area contributed by atoms with Gasteiger partial charge in [-0.05, 0) is 37.1 Å². The van der Waals surface area contributed by atoms with Crippen LogP contribution in [-0.2, 0) is 17.9 Å². The van der Waals surface area contributed by atoms with Crippen LogP contribution < -0.4 is 4.74 Å². The normalized spacial score (nSPS) is 12.7. The Labute approximate surface area is 156 Å². The van der Waals surface area contributed by atoms with Crippen molar-refractivity contribution < 1.29 is 19.0 Å². The zero-order valence-electron chi connectivity index (χ0n) is 16.1. The van der Waals surface area contributed by atoms with Crippen LogP contribution in [0.25, 0.3) is 0 Å². The fraction of sp³-hybridized carbons (Fsp3) is 0.524. The maximum atomic E-state index is 10.4. The number of ether oxygens (including phenoxy) is 2. The molecule has 1 N–H and O–H groups in total. The van der Waals surface area contributed by atoms with Crippen molar-refractivity contribution in [2.75, 3.05) is 26.8 Å². The molecule has 144 valence electrons. The average Bonchev–Trinajstić information content (AvgIpc) is 3.13. The molecular weight excluding hydrogens is 330 g/mol. The fourth-order valence-corrected chi connectivity index (χ4v) is 2.79. The number of methoxy groups -OCH3 is 1. The first kappa shape index (κ1) is 20.5. The van der Waals surface area contributed by atoms with E-state index in [1.165, 1.54) is 0 Å². The first-order valence-corrected chi connectivity index (χ1v) is 9.21. The van der Waals surface area contributed by atoms with Crippen LogP contribution in [0.2, 0.25) is 0 Å². The Hall–Kier alpha value is -1.82. The first-order chi connectivity index (χ1) is 12.6. The summed E-state index contributed by atoms with van der Waals surface area (Å²) < 4.78 is 16.3. The second-order valence-corrected chi connectivity index (χ2v) is 6.98. The minimum absolute atomic E-state index is 0.283. The van der Waals surface area contributed by atoms with E-state index in [9.17, 15) is 5.11 Å². The topological polar surface area (TPSA) is 55.1 Å². The number of furan rings is 1. The van der Waals surface area contributed by atoms with E-state index < -0.39 is 6.10 Å². The summed E-state index contributed by atoms with van der Waals surface area (Å²) in [6.45, 7) is 7.31. The quantitative estimate of drug-likeness (QED) is 0.624. The summed E-state index contributed by atoms with van der Waals surface area (Å²) in [5.41, 5.74) is 1.13. The molecule has 0 fully saturated rings. The summed E-state index contributed by atoms with van der Waals surface area (Å²) in [4.78, 5) is 2.26. The highest BCUT2D eigenvalue weighted by Crippen LogP contribution is 2.20. The summed E-state index contributed by atoms with van der Waals surface area (Å²) >= 11 is 0. The molecular formula is C21H31NO4. The van der Waals surface area contributed by atoms with Crippen molar-refractivity contribution in [2.45, 2.75) is 39.5 Å². The van der Waals surface area contributed by atoms with Gasteiger partial charge < -0.3 is 19.0 Å². The van der Waals surface area contributed by atoms with Gasteiger partial charge in [-0.25, -0.2) is 0 Å². The maximum absolute atomic E-state index is 10.4. The zero-order valence-corrected chi connectivity index (χ0v) is 16.1. The van der Waals surface area contributed by atoms with Crippen LogP contribution in [0.3, 0.4) is 0 Å². The number of hydrogen-bond acceptors (Lipinski definition) is 5. The predicted octanol–water partition coefficient (Wildman–Crippen LogP) is 3.71. The van der Waals surface area contributed by atoms with Crippen LogP contribution in [-0.4, -0.2) is 42.9 Å². The fourth-order valence-electron chi connectivity index (χ4n) is 2.79. The monoisotopic (exact) mass is 361 g/mol. The van der Waals surface area contributed by atoms with Crippen molar-refractivity contribution in [3.8, 4) is 5.75 Å². The Morgan fingerprint density at radius 1 is 1.15 bits per heavy atom. The third-order valence-electron chi connectivity index (χ3n) is 4.21. The molecule has 5 nitrogen and oxygen atoms in total. The number of aliphatic hydroxyl groups is 1. The molecule has 26 heavy (non-hydrogen) atoms. The van der Waals surface area contributed by atoms with Crippen molar-refractivity contribution in [3.63, 3.8) is 0 Å². The molecule has 1 atom stereocenters. The molecule has 0 saturated heterocycles. The Morgan fingerprint density at radius 2 is 1.96 bits per heavy atom. The highest BCUT2D eigenvalue weighted by atomic mass is 16.5. The van der Waals surface area contributed by atoms with Crippen LogP contribution >= 0.6 is 0 Å². The number of hydrogen-bond donors (Lipinski definition) is 1. The van der Waals surface area contributed by atoms with E-state index in [0.717, 1.165) is 36.6 Å². The van der Waals surface area contributed by atoms with E-state index in [2.05, 4.69) is 24.8 Å². The van der Waals surface area contributed by atoms with Crippen LogP contribution in [0.5, 0.6) is 5.75 Å². The largest absolute Gasteiger partial charge is 0.496 e. The van der Waals surface area contributed by atoms with Gasteiger partial charge in [-0.15, -0.1) is 0 Å². The van der Waals surface area contributed by atoms with Gasteiger partial charge in [-0.2, -0.15) is 0 Å². The molecule has 1 aromatic carbocycles. The van der Waals surface area contributed by atoms with E-state index in [1.807, 2.05) is 30.3 Å². The van der Waals surface area contributed by atoms with Gasteiger partial charge in [0.1, 0.15) is 18.1 Å². The Kier molecular flexibility index (Phi) is 8.68. The van der Waals surface area contributed by atoms with Crippen molar-refractivity contribution in [2.24, 2.45) is 5.92 Å². The van der Waals surface area contributed by atoms with Gasteiger partial charge in [0.25, 0.3) is 0 Å². The first-order valence-electron chi connectivity index (χ1n) is 9.21. The van der Waals surface area contributed by atoms with Crippen LogP contribution in [0.4, 0.5) is 0 Å². The average molecular weight is 361 g/mol. The molecule has 2 rings (SSSR count). The molecule has 1 aromatic heterocycles. The molecule has 0 unspecified atom stereocenters. The lowest BCUT2D eigenvalue weighted by molar-refractivity contribution is 0.00317. The molecule has 5 heteroatoms. The van der Waals surface area contributed by atoms with Gasteiger partial charge in [0.2, 0.25) is 0 Å². The summed E-state index contributed by atoms with van der Waals surface area (Å²) in [6.07, 6.45) is 2.15. The van der Waals surface area contributed by atoms with E-state index in [-0.39, 0.29) is 6.61 Å². The minimum atomic E-state index is -0.549. The summed E-state index contributed by atoms with van der Waals surface area (Å²) in [6, 6.07) is 11.7. The second-order valence-electron chi connectivity index (χ2n) is 6.98. The lowest BCUT2D eigenvalue weighted by Crippen LogP contribution is -2.35. The molecule has 2 aromatic rings. The highest BCUT2D eigenvalue weighted by Gasteiger charge is 2.15. The molecule has 0 aliphatic rings. The van der Waals surface area contributed by atoms with Gasteiger partial charge in [-0.3, -0.25) is 4.90 Å². The van der Waals surface area contributed by atoms with E-state index in [1.54, 1.807) is 13.4 Å². The molecule has 0 bridgehead atoms. The molecule has 0 radical (unpaired) electrons. The third kappa shape index (κ3) is 7.20. The third-order valence-corrected chi connectivity index (χ3v) is 4.21. The van der Waals surface area contributed by atoms with E-state index >= 15 is 0 Å². The smallest absolute Gasteiger partial charge is 0.129 e. The molecule has 0 spiro atoms. The predicted molar refractivity (Wildman–Crippen MR) is 102 cm³/mol. The van der Waals surface area contributed by atoms with E-state index in [4.69, 9.17) is 13.9 Å². The van der Waals surface area contributed by atoms with Crippen molar-refractivity contribution in [3.05, 3.63) is 54.0 Å². The van der Waals surface area contributed by atoms with Crippen molar-refractivity contribution in [1.82, 2.24) is 4.90 Å². The summed E-state index contributed by atoms with van der Waals surface area (Å²) in [7, 11) is 1.69. The van der Waals surface area contributed by atoms with Crippen LogP contribution in [0.1, 0.15) is 31.6 Å². The molecule has 0 aliphatic heterocycles. The number of benzene rings is 1. The summed E-state index contributed by atoms with van der Waals surface area (Å²) in [5.74, 6) is 2.26. The number of rotatable bonds is 12. The maximum Gasteiger partial charge on any atom is 0.129 e. The van der Waals surface area contributed by atoms with Gasteiger partial charge in [0.05, 0.1) is 26.1 Å². The zero-order chi connectivity index (χ0) is 18.8. The number of aliphatic hydroxyl groups excluding tert-OH is 1. The standard InChI is InChI=1S/C21H31NO4/c1-17(2)10-11-22(13-18-7-4-5-9-21(18)24-3)14-19(23)15-25-16-20-8-6-12-26-20/h4-9,12,17,19,23H,10-11,13-16H2,1-3H3/t19-/m0/s1.